The average molecular weight is 951 g/mol. The number of fused-ring (bicyclic) bond motifs is 7. The van der Waals surface area contributed by atoms with Crippen molar-refractivity contribution in [3.63, 3.8) is 0 Å². The molecule has 0 N–H and O–H groups in total. The van der Waals surface area contributed by atoms with Crippen LogP contribution in [0.5, 0.6) is 0 Å². The number of rotatable bonds is 10. The molecule has 2 heterocycles. The minimum absolute atomic E-state index is 0.117. The van der Waals surface area contributed by atoms with Gasteiger partial charge < -0.3 is 18.6 Å². The standard InChI is InChI=1S/C65H44F2N4O2/c1-41-23-15-21-37-53(41)70(45-29-11-5-12-30-45)55-39-49-57(61-59(55)68-63(72-61)47-33-17-19-35-51(47)66)58-50(65(49,43-25-7-3-8-26-43)44-27-9-4-10-28-44)40-56(60-62(58)73-64(69-60)48-34-18-20-36-52(48)67)71(46-31-13-6-14-32-46)54-38-22-16-24-42(54)2/h3-40H,1-2H3. The predicted molar refractivity (Wildman–Crippen MR) is 289 cm³/mol. The summed E-state index contributed by atoms with van der Waals surface area (Å²) in [7, 11) is 0. The number of hydrogen-bond acceptors (Lipinski definition) is 6. The van der Waals surface area contributed by atoms with Crippen LogP contribution in [0.3, 0.4) is 0 Å². The molecule has 0 fully saturated rings. The fourth-order valence-corrected chi connectivity index (χ4v) is 11.0. The topological polar surface area (TPSA) is 58.5 Å². The van der Waals surface area contributed by atoms with E-state index in [2.05, 4.69) is 133 Å². The van der Waals surface area contributed by atoms with Crippen molar-refractivity contribution in [2.45, 2.75) is 19.3 Å². The van der Waals surface area contributed by atoms with E-state index in [1.54, 1.807) is 36.4 Å². The molecule has 0 unspecified atom stereocenters. The van der Waals surface area contributed by atoms with Crippen molar-refractivity contribution < 1.29 is 17.6 Å². The summed E-state index contributed by atoms with van der Waals surface area (Å²) in [6.07, 6.45) is 0. The quantitative estimate of drug-likeness (QED) is 0.136. The lowest BCUT2D eigenvalue weighted by molar-refractivity contribution is 0.591. The van der Waals surface area contributed by atoms with E-state index in [0.717, 1.165) is 67.5 Å². The summed E-state index contributed by atoms with van der Waals surface area (Å²) in [6.45, 7) is 4.19. The Hall–Kier alpha value is -9.40. The van der Waals surface area contributed by atoms with Crippen LogP contribution >= 0.6 is 0 Å². The van der Waals surface area contributed by atoms with Crippen LogP contribution in [0.1, 0.15) is 33.4 Å². The Labute approximate surface area is 420 Å². The summed E-state index contributed by atoms with van der Waals surface area (Å²) in [5.74, 6) is -0.704. The highest BCUT2D eigenvalue weighted by Gasteiger charge is 2.51. The first kappa shape index (κ1) is 43.6. The molecule has 1 aliphatic carbocycles. The largest absolute Gasteiger partial charge is 0.435 e. The molecule has 0 saturated carbocycles. The maximum atomic E-state index is 16.2. The molecule has 0 amide bonds. The van der Waals surface area contributed by atoms with Crippen molar-refractivity contribution in [1.29, 1.82) is 0 Å². The van der Waals surface area contributed by atoms with E-state index in [4.69, 9.17) is 18.8 Å². The number of aromatic nitrogens is 2. The number of halogens is 2. The van der Waals surface area contributed by atoms with Crippen LogP contribution in [0, 0.1) is 25.5 Å². The highest BCUT2D eigenvalue weighted by molar-refractivity contribution is 6.15. The van der Waals surface area contributed by atoms with Gasteiger partial charge in [0.05, 0.1) is 27.9 Å². The number of benzene rings is 10. The Balaban J connectivity index is 1.26. The van der Waals surface area contributed by atoms with E-state index in [9.17, 15) is 0 Å². The lowest BCUT2D eigenvalue weighted by atomic mass is 9.67. The molecule has 0 atom stereocenters. The zero-order chi connectivity index (χ0) is 49.2. The van der Waals surface area contributed by atoms with Crippen LogP contribution in [-0.4, -0.2) is 9.97 Å². The third kappa shape index (κ3) is 6.89. The fraction of sp³-hybridized carbons (Fsp3) is 0.0462. The summed E-state index contributed by atoms with van der Waals surface area (Å²) < 4.78 is 46.7. The van der Waals surface area contributed by atoms with Gasteiger partial charge in [-0.25, -0.2) is 18.7 Å². The monoisotopic (exact) mass is 950 g/mol. The highest BCUT2D eigenvalue weighted by atomic mass is 19.1. The summed E-state index contributed by atoms with van der Waals surface area (Å²) in [5.41, 5.74) is 13.4. The van der Waals surface area contributed by atoms with Crippen LogP contribution in [-0.2, 0) is 5.41 Å². The lowest BCUT2D eigenvalue weighted by Crippen LogP contribution is -2.29. The number of aryl methyl sites for hydroxylation is 2. The van der Waals surface area contributed by atoms with Crippen LogP contribution < -0.4 is 9.80 Å². The Morgan fingerprint density at radius 2 is 0.726 bits per heavy atom. The Morgan fingerprint density at radius 3 is 1.11 bits per heavy atom. The summed E-state index contributed by atoms with van der Waals surface area (Å²) in [6, 6.07) is 75.5. The first-order valence-corrected chi connectivity index (χ1v) is 24.3. The summed E-state index contributed by atoms with van der Waals surface area (Å²) in [5, 5.41) is 0. The van der Waals surface area contributed by atoms with Crippen molar-refractivity contribution in [3.8, 4) is 34.0 Å². The molecule has 6 nitrogen and oxygen atoms in total. The molecule has 0 saturated heterocycles. The van der Waals surface area contributed by atoms with Gasteiger partial charge in [0.15, 0.2) is 11.2 Å². The van der Waals surface area contributed by atoms with Gasteiger partial charge in [-0.2, -0.15) is 0 Å². The molecule has 0 bridgehead atoms. The molecular weight excluding hydrogens is 907 g/mol. The molecule has 0 radical (unpaired) electrons. The van der Waals surface area contributed by atoms with Crippen molar-refractivity contribution in [2.75, 3.05) is 9.80 Å². The van der Waals surface area contributed by atoms with Crippen molar-refractivity contribution in [2.24, 2.45) is 0 Å². The summed E-state index contributed by atoms with van der Waals surface area (Å²) in [4.78, 5) is 15.1. The van der Waals surface area contributed by atoms with Gasteiger partial charge in [0, 0.05) is 33.9 Å². The van der Waals surface area contributed by atoms with Crippen molar-refractivity contribution >= 4 is 56.3 Å². The number of hydrogen-bond donors (Lipinski definition) is 0. The van der Waals surface area contributed by atoms with Crippen LogP contribution in [0.15, 0.2) is 239 Å². The molecule has 0 aliphatic heterocycles. The van der Waals surface area contributed by atoms with E-state index < -0.39 is 17.0 Å². The van der Waals surface area contributed by atoms with Gasteiger partial charge in [-0.1, -0.05) is 158 Å². The third-order valence-electron chi connectivity index (χ3n) is 14.2. The molecule has 0 spiro atoms. The van der Waals surface area contributed by atoms with E-state index in [1.165, 1.54) is 12.1 Å². The van der Waals surface area contributed by atoms with Gasteiger partial charge in [0.25, 0.3) is 0 Å². The SMILES string of the molecule is Cc1ccccc1N(c1ccccc1)c1cc2c(c3oc(-c4ccccc4F)nc13)-c1c(cc(N(c3ccccc3)c3ccccc3C)c3nc(-c4ccccc4F)oc13)C2(c1ccccc1)c1ccccc1. The number of nitrogens with zero attached hydrogens (tertiary/aromatic N) is 4. The van der Waals surface area contributed by atoms with E-state index in [0.29, 0.717) is 33.3 Å². The minimum atomic E-state index is -1.09. The van der Waals surface area contributed by atoms with Crippen molar-refractivity contribution in [1.82, 2.24) is 9.97 Å². The predicted octanol–water partition coefficient (Wildman–Crippen LogP) is 17.5. The molecule has 350 valence electrons. The van der Waals surface area contributed by atoms with E-state index >= 15 is 8.78 Å². The second kappa shape index (κ2) is 17.5. The van der Waals surface area contributed by atoms with Crippen LogP contribution in [0.2, 0.25) is 0 Å². The number of oxazole rings is 2. The summed E-state index contributed by atoms with van der Waals surface area (Å²) >= 11 is 0. The van der Waals surface area contributed by atoms with Gasteiger partial charge in [-0.05, 0) is 120 Å². The lowest BCUT2D eigenvalue weighted by Gasteiger charge is -2.36. The minimum Gasteiger partial charge on any atom is -0.435 e. The molecular formula is C65H44F2N4O2. The molecule has 13 rings (SSSR count). The third-order valence-corrected chi connectivity index (χ3v) is 14.2. The number of anilines is 6. The van der Waals surface area contributed by atoms with Gasteiger partial charge in [-0.3, -0.25) is 0 Å². The molecule has 12 aromatic rings. The van der Waals surface area contributed by atoms with Gasteiger partial charge in [-0.15, -0.1) is 0 Å². The Morgan fingerprint density at radius 1 is 0.384 bits per heavy atom. The van der Waals surface area contributed by atoms with E-state index in [1.807, 2.05) is 72.8 Å². The van der Waals surface area contributed by atoms with E-state index in [-0.39, 0.29) is 22.9 Å². The second-order valence-electron chi connectivity index (χ2n) is 18.4. The van der Waals surface area contributed by atoms with Gasteiger partial charge >= 0.3 is 0 Å². The van der Waals surface area contributed by atoms with Crippen LogP contribution in [0.25, 0.3) is 56.2 Å². The molecule has 1 aliphatic rings. The fourth-order valence-electron chi connectivity index (χ4n) is 11.0. The molecule has 2 aromatic heterocycles. The molecule has 8 heteroatoms. The first-order chi connectivity index (χ1) is 35.9. The second-order valence-corrected chi connectivity index (χ2v) is 18.4. The molecule has 73 heavy (non-hydrogen) atoms. The van der Waals surface area contributed by atoms with Crippen molar-refractivity contribution in [3.05, 3.63) is 276 Å². The zero-order valence-electron chi connectivity index (χ0n) is 39.8. The smallest absolute Gasteiger partial charge is 0.230 e. The van der Waals surface area contributed by atoms with Gasteiger partial charge in [0.1, 0.15) is 22.7 Å². The maximum absolute atomic E-state index is 16.2. The highest BCUT2D eigenvalue weighted by Crippen LogP contribution is 2.63. The Kier molecular flexibility index (Phi) is 10.4. The van der Waals surface area contributed by atoms with Crippen LogP contribution in [0.4, 0.5) is 42.9 Å². The first-order valence-electron chi connectivity index (χ1n) is 24.3. The average Bonchev–Trinajstić information content (AvgIpc) is 4.15. The van der Waals surface area contributed by atoms with Gasteiger partial charge in [0.2, 0.25) is 11.8 Å². The molecule has 10 aromatic carbocycles. The normalized spacial score (nSPS) is 12.5. The number of para-hydroxylation sites is 4. The zero-order valence-corrected chi connectivity index (χ0v) is 39.8. The maximum Gasteiger partial charge on any atom is 0.230 e. The Bertz CT molecular complexity index is 3780.